The lowest BCUT2D eigenvalue weighted by Crippen LogP contribution is -2.44. The third kappa shape index (κ3) is 3.86. The molecule has 18 heavy (non-hydrogen) atoms. The van der Waals surface area contributed by atoms with Gasteiger partial charge in [-0.05, 0) is 39.0 Å². The lowest BCUT2D eigenvalue weighted by Gasteiger charge is -2.34. The van der Waals surface area contributed by atoms with Crippen LogP contribution in [0.2, 0.25) is 0 Å². The molecule has 1 aliphatic heterocycles. The minimum atomic E-state index is 0. The summed E-state index contributed by atoms with van der Waals surface area (Å²) >= 11 is 0. The van der Waals surface area contributed by atoms with Crippen molar-refractivity contribution in [3.8, 4) is 0 Å². The molecule has 1 heterocycles. The standard InChI is InChI=1S/C14H26N2O.ClH/c1-11-6-3-2-4-9-16(11)14(17)12-7-5-8-13(15)10-12;/h11-13H,2-10,15H2,1H3;1H. The van der Waals surface area contributed by atoms with E-state index in [1.165, 1.54) is 25.7 Å². The average molecular weight is 275 g/mol. The molecule has 2 N–H and O–H groups in total. The molecule has 0 bridgehead atoms. The van der Waals surface area contributed by atoms with E-state index in [4.69, 9.17) is 5.73 Å². The van der Waals surface area contributed by atoms with Crippen molar-refractivity contribution in [2.75, 3.05) is 6.54 Å². The van der Waals surface area contributed by atoms with Gasteiger partial charge in [0.05, 0.1) is 0 Å². The lowest BCUT2D eigenvalue weighted by molar-refractivity contribution is -0.138. The van der Waals surface area contributed by atoms with Crippen LogP contribution >= 0.6 is 12.4 Å². The van der Waals surface area contributed by atoms with Crippen LogP contribution in [0.15, 0.2) is 0 Å². The first-order chi connectivity index (χ1) is 8.18. The number of carbonyl (C=O) groups is 1. The van der Waals surface area contributed by atoms with Gasteiger partial charge >= 0.3 is 0 Å². The second-order valence-corrected chi connectivity index (χ2v) is 5.85. The fraction of sp³-hybridized carbons (Fsp3) is 0.929. The SMILES string of the molecule is CC1CCCCCN1C(=O)C1CCCC(N)C1.Cl. The second-order valence-electron chi connectivity index (χ2n) is 5.85. The van der Waals surface area contributed by atoms with Gasteiger partial charge < -0.3 is 10.6 Å². The van der Waals surface area contributed by atoms with Crippen LogP contribution < -0.4 is 5.73 Å². The highest BCUT2D eigenvalue weighted by molar-refractivity contribution is 5.85. The summed E-state index contributed by atoms with van der Waals surface area (Å²) in [4.78, 5) is 14.7. The van der Waals surface area contributed by atoms with Crippen LogP contribution in [0.4, 0.5) is 0 Å². The zero-order chi connectivity index (χ0) is 12.3. The maximum absolute atomic E-state index is 12.5. The van der Waals surface area contributed by atoms with Crippen molar-refractivity contribution in [2.24, 2.45) is 11.7 Å². The summed E-state index contributed by atoms with van der Waals surface area (Å²) in [5, 5.41) is 0. The zero-order valence-electron chi connectivity index (χ0n) is 11.4. The molecule has 106 valence electrons. The third-order valence-electron chi connectivity index (χ3n) is 4.40. The van der Waals surface area contributed by atoms with Crippen LogP contribution in [0.25, 0.3) is 0 Å². The second kappa shape index (κ2) is 7.34. The number of nitrogens with zero attached hydrogens (tertiary/aromatic N) is 1. The molecule has 3 atom stereocenters. The predicted octanol–water partition coefficient (Wildman–Crippen LogP) is 2.72. The summed E-state index contributed by atoms with van der Waals surface area (Å²) in [6.07, 6.45) is 9.07. The van der Waals surface area contributed by atoms with Crippen LogP contribution in [0, 0.1) is 5.92 Å². The Morgan fingerprint density at radius 1 is 1.11 bits per heavy atom. The molecule has 4 heteroatoms. The number of rotatable bonds is 1. The number of hydrogen-bond donors (Lipinski definition) is 1. The molecule has 1 saturated carbocycles. The fourth-order valence-electron chi connectivity index (χ4n) is 3.29. The highest BCUT2D eigenvalue weighted by atomic mass is 35.5. The van der Waals surface area contributed by atoms with Crippen molar-refractivity contribution < 1.29 is 4.79 Å². The zero-order valence-corrected chi connectivity index (χ0v) is 12.3. The normalized spacial score (nSPS) is 33.4. The Hall–Kier alpha value is -0.280. The number of carbonyl (C=O) groups excluding carboxylic acids is 1. The number of nitrogens with two attached hydrogens (primary N) is 1. The molecule has 0 aromatic rings. The molecule has 2 fully saturated rings. The van der Waals surface area contributed by atoms with Crippen molar-refractivity contribution in [3.63, 3.8) is 0 Å². The smallest absolute Gasteiger partial charge is 0.225 e. The fourth-order valence-corrected chi connectivity index (χ4v) is 3.29. The van der Waals surface area contributed by atoms with Gasteiger partial charge in [0.15, 0.2) is 0 Å². The maximum Gasteiger partial charge on any atom is 0.225 e. The first-order valence-electron chi connectivity index (χ1n) is 7.24. The van der Waals surface area contributed by atoms with Gasteiger partial charge in [-0.3, -0.25) is 4.79 Å². The summed E-state index contributed by atoms with van der Waals surface area (Å²) in [6, 6.07) is 0.683. The van der Waals surface area contributed by atoms with E-state index in [0.717, 1.165) is 32.2 Å². The number of halogens is 1. The van der Waals surface area contributed by atoms with E-state index in [-0.39, 0.29) is 24.4 Å². The van der Waals surface area contributed by atoms with Gasteiger partial charge in [0.1, 0.15) is 0 Å². The minimum Gasteiger partial charge on any atom is -0.340 e. The average Bonchev–Trinajstić information content (AvgIpc) is 2.53. The molecule has 2 rings (SSSR count). The quantitative estimate of drug-likeness (QED) is 0.799. The molecular weight excluding hydrogens is 248 g/mol. The van der Waals surface area contributed by atoms with Gasteiger partial charge in [0.2, 0.25) is 5.91 Å². The van der Waals surface area contributed by atoms with Crippen molar-refractivity contribution in [2.45, 2.75) is 70.4 Å². The van der Waals surface area contributed by atoms with Gasteiger partial charge in [-0.1, -0.05) is 19.3 Å². The van der Waals surface area contributed by atoms with Gasteiger partial charge in [0.25, 0.3) is 0 Å². The van der Waals surface area contributed by atoms with E-state index in [2.05, 4.69) is 11.8 Å². The monoisotopic (exact) mass is 274 g/mol. The van der Waals surface area contributed by atoms with Crippen LogP contribution in [0.1, 0.15) is 58.3 Å². The minimum absolute atomic E-state index is 0. The van der Waals surface area contributed by atoms with Crippen LogP contribution in [0.3, 0.4) is 0 Å². The number of amides is 1. The predicted molar refractivity (Wildman–Crippen MR) is 76.8 cm³/mol. The van der Waals surface area contributed by atoms with Crippen LogP contribution in [0.5, 0.6) is 0 Å². The van der Waals surface area contributed by atoms with Crippen molar-refractivity contribution >= 4 is 18.3 Å². The van der Waals surface area contributed by atoms with Crippen molar-refractivity contribution in [3.05, 3.63) is 0 Å². The summed E-state index contributed by atoms with van der Waals surface area (Å²) in [5.74, 6) is 0.592. The van der Waals surface area contributed by atoms with E-state index in [1.807, 2.05) is 0 Å². The first kappa shape index (κ1) is 15.8. The molecule has 0 spiro atoms. The summed E-state index contributed by atoms with van der Waals surface area (Å²) in [6.45, 7) is 3.16. The van der Waals surface area contributed by atoms with Crippen molar-refractivity contribution in [1.29, 1.82) is 0 Å². The van der Waals surface area contributed by atoms with E-state index in [1.54, 1.807) is 0 Å². The van der Waals surface area contributed by atoms with Gasteiger partial charge in [-0.25, -0.2) is 0 Å². The lowest BCUT2D eigenvalue weighted by atomic mass is 9.85. The Bertz CT molecular complexity index is 273. The number of hydrogen-bond acceptors (Lipinski definition) is 2. The van der Waals surface area contributed by atoms with Crippen molar-refractivity contribution in [1.82, 2.24) is 4.90 Å². The number of likely N-dealkylation sites (tertiary alicyclic amines) is 1. The van der Waals surface area contributed by atoms with E-state index < -0.39 is 0 Å². The maximum atomic E-state index is 12.5. The largest absolute Gasteiger partial charge is 0.340 e. The molecule has 0 aromatic heterocycles. The Morgan fingerprint density at radius 2 is 1.89 bits per heavy atom. The molecule has 2 aliphatic rings. The molecule has 0 aromatic carbocycles. The highest BCUT2D eigenvalue weighted by Crippen LogP contribution is 2.27. The summed E-state index contributed by atoms with van der Waals surface area (Å²) in [7, 11) is 0. The summed E-state index contributed by atoms with van der Waals surface area (Å²) < 4.78 is 0. The first-order valence-corrected chi connectivity index (χ1v) is 7.24. The van der Waals surface area contributed by atoms with Gasteiger partial charge in [-0.2, -0.15) is 0 Å². The van der Waals surface area contributed by atoms with E-state index >= 15 is 0 Å². The molecular formula is C14H27ClN2O. The molecule has 1 saturated heterocycles. The van der Waals surface area contributed by atoms with E-state index in [0.29, 0.717) is 11.9 Å². The van der Waals surface area contributed by atoms with Gasteiger partial charge in [-0.15, -0.1) is 12.4 Å². The van der Waals surface area contributed by atoms with Gasteiger partial charge in [0, 0.05) is 24.5 Å². The molecule has 0 radical (unpaired) electrons. The Morgan fingerprint density at radius 3 is 2.61 bits per heavy atom. The molecule has 3 unspecified atom stereocenters. The Kier molecular flexibility index (Phi) is 6.44. The van der Waals surface area contributed by atoms with Crippen LogP contribution in [-0.4, -0.2) is 29.4 Å². The molecule has 1 amide bonds. The topological polar surface area (TPSA) is 46.3 Å². The molecule has 1 aliphatic carbocycles. The molecule has 3 nitrogen and oxygen atoms in total. The highest BCUT2D eigenvalue weighted by Gasteiger charge is 2.31. The summed E-state index contributed by atoms with van der Waals surface area (Å²) in [5.41, 5.74) is 5.99. The van der Waals surface area contributed by atoms with E-state index in [9.17, 15) is 4.79 Å². The Balaban J connectivity index is 0.00000162. The third-order valence-corrected chi connectivity index (χ3v) is 4.40. The Labute approximate surface area is 117 Å². The van der Waals surface area contributed by atoms with Crippen LogP contribution in [-0.2, 0) is 4.79 Å².